The Morgan fingerprint density at radius 1 is 1.35 bits per heavy atom. The molecule has 0 aliphatic carbocycles. The van der Waals surface area contributed by atoms with Gasteiger partial charge in [0.15, 0.2) is 11.6 Å². The molecular formula is C12H9BrFN5O. The highest BCUT2D eigenvalue weighted by molar-refractivity contribution is 9.10. The molecule has 102 valence electrons. The van der Waals surface area contributed by atoms with Crippen molar-refractivity contribution in [3.63, 3.8) is 0 Å². The predicted octanol–water partition coefficient (Wildman–Crippen LogP) is 2.09. The monoisotopic (exact) mass is 337 g/mol. The van der Waals surface area contributed by atoms with Crippen molar-refractivity contribution in [3.8, 4) is 23.1 Å². The summed E-state index contributed by atoms with van der Waals surface area (Å²) in [5, 5.41) is 9.16. The van der Waals surface area contributed by atoms with E-state index in [9.17, 15) is 4.39 Å². The van der Waals surface area contributed by atoms with Gasteiger partial charge in [-0.15, -0.1) is 0 Å². The molecule has 2 aromatic rings. The number of hydrogen-bond donors (Lipinski definition) is 2. The minimum atomic E-state index is -0.600. The van der Waals surface area contributed by atoms with Crippen LogP contribution in [0.5, 0.6) is 5.75 Å². The second-order valence-corrected chi connectivity index (χ2v) is 4.69. The molecule has 1 aromatic heterocycles. The first-order valence-electron chi connectivity index (χ1n) is 5.34. The molecule has 0 saturated heterocycles. The van der Waals surface area contributed by atoms with E-state index < -0.39 is 5.82 Å². The van der Waals surface area contributed by atoms with Gasteiger partial charge in [-0.2, -0.15) is 10.2 Å². The lowest BCUT2D eigenvalue weighted by Gasteiger charge is -2.12. The number of methoxy groups -OCH3 is 1. The molecule has 0 saturated carbocycles. The highest BCUT2D eigenvalue weighted by Crippen LogP contribution is 2.37. The number of rotatable bonds is 2. The van der Waals surface area contributed by atoms with Crippen molar-refractivity contribution in [1.29, 1.82) is 5.26 Å². The number of ether oxygens (including phenoxy) is 1. The average molecular weight is 338 g/mol. The Kier molecular flexibility index (Phi) is 3.72. The largest absolute Gasteiger partial charge is 0.493 e. The lowest BCUT2D eigenvalue weighted by atomic mass is 10.1. The van der Waals surface area contributed by atoms with Crippen LogP contribution in [0.4, 0.5) is 16.2 Å². The maximum absolute atomic E-state index is 13.9. The molecule has 0 amide bonds. The van der Waals surface area contributed by atoms with Gasteiger partial charge in [0.1, 0.15) is 17.5 Å². The third-order valence-electron chi connectivity index (χ3n) is 2.53. The third kappa shape index (κ3) is 2.35. The van der Waals surface area contributed by atoms with Crippen LogP contribution >= 0.6 is 15.9 Å². The summed E-state index contributed by atoms with van der Waals surface area (Å²) in [5.41, 5.74) is 11.6. The summed E-state index contributed by atoms with van der Waals surface area (Å²) in [6, 6.07) is 4.68. The molecule has 0 aliphatic heterocycles. The molecule has 1 aromatic carbocycles. The van der Waals surface area contributed by atoms with Gasteiger partial charge in [0.2, 0.25) is 5.95 Å². The second kappa shape index (κ2) is 5.30. The minimum absolute atomic E-state index is 0.00926. The number of hydrogen-bond acceptors (Lipinski definition) is 6. The zero-order valence-corrected chi connectivity index (χ0v) is 11.9. The van der Waals surface area contributed by atoms with Gasteiger partial charge in [-0.3, -0.25) is 0 Å². The van der Waals surface area contributed by atoms with E-state index in [1.54, 1.807) is 6.07 Å². The standard InChI is InChI=1S/C12H9BrFN5O/c1-20-10-6(2-5(13)3-8(10)14)9-7(4-15)11(16)19-12(17)18-9/h2-3H,1H3,(H4,16,17,18,19). The van der Waals surface area contributed by atoms with Crippen LogP contribution in [0.3, 0.4) is 0 Å². The maximum atomic E-state index is 13.9. The van der Waals surface area contributed by atoms with Gasteiger partial charge in [0.05, 0.1) is 12.8 Å². The molecule has 0 radical (unpaired) electrons. The summed E-state index contributed by atoms with van der Waals surface area (Å²) in [6.07, 6.45) is 0. The summed E-state index contributed by atoms with van der Waals surface area (Å²) < 4.78 is 19.4. The normalized spacial score (nSPS) is 10.1. The first-order chi connectivity index (χ1) is 9.47. The van der Waals surface area contributed by atoms with Gasteiger partial charge in [-0.1, -0.05) is 15.9 Å². The van der Waals surface area contributed by atoms with Crippen LogP contribution in [-0.4, -0.2) is 17.1 Å². The van der Waals surface area contributed by atoms with E-state index in [1.165, 1.54) is 13.2 Å². The zero-order chi connectivity index (χ0) is 14.9. The van der Waals surface area contributed by atoms with E-state index in [0.29, 0.717) is 4.47 Å². The lowest BCUT2D eigenvalue weighted by molar-refractivity contribution is 0.388. The molecule has 1 heterocycles. The summed E-state index contributed by atoms with van der Waals surface area (Å²) in [7, 11) is 1.32. The molecule has 0 aliphatic rings. The van der Waals surface area contributed by atoms with E-state index >= 15 is 0 Å². The number of nitriles is 1. The van der Waals surface area contributed by atoms with Crippen molar-refractivity contribution in [2.45, 2.75) is 0 Å². The Bertz CT molecular complexity index is 729. The fraction of sp³-hybridized carbons (Fsp3) is 0.0833. The topological polar surface area (TPSA) is 111 Å². The Balaban J connectivity index is 2.85. The van der Waals surface area contributed by atoms with E-state index in [1.807, 2.05) is 6.07 Å². The molecule has 2 rings (SSSR count). The first-order valence-corrected chi connectivity index (χ1v) is 6.13. The fourth-order valence-corrected chi connectivity index (χ4v) is 2.17. The molecule has 20 heavy (non-hydrogen) atoms. The molecule has 8 heteroatoms. The summed E-state index contributed by atoms with van der Waals surface area (Å²) in [6.45, 7) is 0. The lowest BCUT2D eigenvalue weighted by Crippen LogP contribution is -2.06. The van der Waals surface area contributed by atoms with Gasteiger partial charge in [0, 0.05) is 10.0 Å². The summed E-state index contributed by atoms with van der Waals surface area (Å²) in [4.78, 5) is 7.67. The van der Waals surface area contributed by atoms with Gasteiger partial charge in [-0.25, -0.2) is 9.37 Å². The van der Waals surface area contributed by atoms with Crippen molar-refractivity contribution in [1.82, 2.24) is 9.97 Å². The molecule has 0 atom stereocenters. The minimum Gasteiger partial charge on any atom is -0.493 e. The maximum Gasteiger partial charge on any atom is 0.222 e. The van der Waals surface area contributed by atoms with Gasteiger partial charge >= 0.3 is 0 Å². The zero-order valence-electron chi connectivity index (χ0n) is 10.3. The van der Waals surface area contributed by atoms with Gasteiger partial charge < -0.3 is 16.2 Å². The molecular weight excluding hydrogens is 329 g/mol. The molecule has 0 fully saturated rings. The van der Waals surface area contributed by atoms with Crippen LogP contribution in [0.1, 0.15) is 5.56 Å². The Hall–Kier alpha value is -2.40. The SMILES string of the molecule is COc1c(F)cc(Br)cc1-c1nc(N)nc(N)c1C#N. The van der Waals surface area contributed by atoms with Crippen molar-refractivity contribution in [2.75, 3.05) is 18.6 Å². The van der Waals surface area contributed by atoms with E-state index in [0.717, 1.165) is 0 Å². The number of anilines is 2. The van der Waals surface area contributed by atoms with E-state index in [2.05, 4.69) is 25.9 Å². The fourth-order valence-electron chi connectivity index (χ4n) is 1.74. The Labute approximate surface area is 122 Å². The van der Waals surface area contributed by atoms with Crippen LogP contribution in [-0.2, 0) is 0 Å². The number of nitrogens with zero attached hydrogens (tertiary/aromatic N) is 3. The van der Waals surface area contributed by atoms with E-state index in [4.69, 9.17) is 21.5 Å². The summed E-state index contributed by atoms with van der Waals surface area (Å²) >= 11 is 3.17. The highest BCUT2D eigenvalue weighted by Gasteiger charge is 2.20. The smallest absolute Gasteiger partial charge is 0.222 e. The molecule has 0 bridgehead atoms. The van der Waals surface area contributed by atoms with Crippen LogP contribution < -0.4 is 16.2 Å². The van der Waals surface area contributed by atoms with Crippen molar-refractivity contribution in [2.24, 2.45) is 0 Å². The highest BCUT2D eigenvalue weighted by atomic mass is 79.9. The molecule has 0 unspecified atom stereocenters. The van der Waals surface area contributed by atoms with Gasteiger partial charge in [0.25, 0.3) is 0 Å². The second-order valence-electron chi connectivity index (χ2n) is 3.77. The van der Waals surface area contributed by atoms with E-state index in [-0.39, 0.29) is 34.3 Å². The van der Waals surface area contributed by atoms with Crippen LogP contribution in [0.2, 0.25) is 0 Å². The molecule has 6 nitrogen and oxygen atoms in total. The Morgan fingerprint density at radius 2 is 2.05 bits per heavy atom. The van der Waals surface area contributed by atoms with Crippen LogP contribution in [0, 0.1) is 17.1 Å². The third-order valence-corrected chi connectivity index (χ3v) is 2.99. The summed E-state index contributed by atoms with van der Waals surface area (Å²) in [5.74, 6) is -0.838. The quantitative estimate of drug-likeness (QED) is 0.867. The number of benzene rings is 1. The average Bonchev–Trinajstić information content (AvgIpc) is 2.37. The van der Waals surface area contributed by atoms with Crippen LogP contribution in [0.25, 0.3) is 11.3 Å². The number of halogens is 2. The number of nitrogens with two attached hydrogens (primary N) is 2. The predicted molar refractivity (Wildman–Crippen MR) is 75.2 cm³/mol. The molecule has 4 N–H and O–H groups in total. The Morgan fingerprint density at radius 3 is 2.65 bits per heavy atom. The number of nitrogen functional groups attached to an aromatic ring is 2. The number of aromatic nitrogens is 2. The van der Waals surface area contributed by atoms with Crippen molar-refractivity contribution in [3.05, 3.63) is 28.0 Å². The van der Waals surface area contributed by atoms with Crippen molar-refractivity contribution >= 4 is 27.7 Å². The van der Waals surface area contributed by atoms with Gasteiger partial charge in [-0.05, 0) is 12.1 Å². The first kappa shape index (κ1) is 14.0. The van der Waals surface area contributed by atoms with Crippen LogP contribution in [0.15, 0.2) is 16.6 Å². The molecule has 0 spiro atoms. The van der Waals surface area contributed by atoms with Crippen molar-refractivity contribution < 1.29 is 9.13 Å².